The minimum absolute atomic E-state index is 0.165. The normalized spacial score (nSPS) is 14.8. The summed E-state index contributed by atoms with van der Waals surface area (Å²) in [6.07, 6.45) is 11.4. The van der Waals surface area contributed by atoms with Gasteiger partial charge in [-0.2, -0.15) is 0 Å². The van der Waals surface area contributed by atoms with Crippen molar-refractivity contribution in [2.24, 2.45) is 5.92 Å². The van der Waals surface area contributed by atoms with Gasteiger partial charge in [-0.25, -0.2) is 9.18 Å². The second-order valence-corrected chi connectivity index (χ2v) is 18.7. The van der Waals surface area contributed by atoms with E-state index in [0.29, 0.717) is 25.5 Å². The fourth-order valence-electron chi connectivity index (χ4n) is 6.02. The van der Waals surface area contributed by atoms with Gasteiger partial charge >= 0.3 is 6.09 Å². The number of allylic oxidation sites excluding steroid dienone is 1. The molecule has 1 atom stereocenters. The molecule has 4 rings (SSSR count). The number of nitrogens with one attached hydrogen (secondary N) is 2. The van der Waals surface area contributed by atoms with E-state index in [-0.39, 0.29) is 18.0 Å². The van der Waals surface area contributed by atoms with Crippen LogP contribution in [-0.2, 0) is 17.7 Å². The molecule has 0 unspecified atom stereocenters. The van der Waals surface area contributed by atoms with Crippen molar-refractivity contribution >= 4 is 14.2 Å². The maximum absolute atomic E-state index is 14.5. The molecule has 1 amide bonds. The molecule has 7 heteroatoms. The summed E-state index contributed by atoms with van der Waals surface area (Å²) in [6.45, 7) is 13.3. The molecule has 1 aromatic heterocycles. The van der Waals surface area contributed by atoms with Gasteiger partial charge in [-0.15, -0.1) is 6.58 Å². The van der Waals surface area contributed by atoms with Crippen LogP contribution in [0, 0.1) is 11.7 Å². The summed E-state index contributed by atoms with van der Waals surface area (Å²) in [7, 11) is -1.23. The average molecular weight is 604 g/mol. The number of halogens is 1. The summed E-state index contributed by atoms with van der Waals surface area (Å²) in [5.74, 6) is 0.291. The quantitative estimate of drug-likeness (QED) is 0.104. The van der Waals surface area contributed by atoms with Crippen molar-refractivity contribution in [2.75, 3.05) is 19.7 Å². The van der Waals surface area contributed by atoms with Gasteiger partial charge in [0.15, 0.2) is 0 Å². The number of hydrogen-bond acceptors (Lipinski definition) is 3. The lowest BCUT2D eigenvalue weighted by molar-refractivity contribution is 0.151. The fourth-order valence-corrected chi connectivity index (χ4v) is 6.74. The number of aromatic nitrogens is 1. The van der Waals surface area contributed by atoms with E-state index >= 15 is 0 Å². The van der Waals surface area contributed by atoms with Crippen molar-refractivity contribution in [3.8, 4) is 11.1 Å². The minimum Gasteiger partial charge on any atom is -0.450 e. The summed E-state index contributed by atoms with van der Waals surface area (Å²) >= 11 is 0. The Morgan fingerprint density at radius 1 is 1.09 bits per heavy atom. The topological polar surface area (TPSA) is 55.3 Å². The molecule has 0 bridgehead atoms. The van der Waals surface area contributed by atoms with Gasteiger partial charge in [0.2, 0.25) is 0 Å². The molecule has 1 saturated carbocycles. The summed E-state index contributed by atoms with van der Waals surface area (Å²) in [5.41, 5.74) is 5.50. The van der Waals surface area contributed by atoms with Gasteiger partial charge in [0, 0.05) is 38.6 Å². The first-order chi connectivity index (χ1) is 20.7. The van der Waals surface area contributed by atoms with Crippen LogP contribution in [0.3, 0.4) is 0 Å². The molecular formula is C36H50FN3O2Si. The monoisotopic (exact) mass is 603 g/mol. The molecule has 1 aliphatic carbocycles. The number of amides is 1. The first-order valence-electron chi connectivity index (χ1n) is 16.0. The fraction of sp³-hybridized carbons (Fsp3) is 0.472. The Bertz CT molecular complexity index is 1310. The minimum atomic E-state index is -1.23. The predicted molar refractivity (Wildman–Crippen MR) is 179 cm³/mol. The molecule has 43 heavy (non-hydrogen) atoms. The Hall–Kier alpha value is -3.16. The molecule has 1 aliphatic rings. The van der Waals surface area contributed by atoms with Gasteiger partial charge in [0.05, 0.1) is 12.6 Å². The molecule has 0 radical (unpaired) electrons. The third kappa shape index (κ3) is 10.2. The maximum atomic E-state index is 14.5. The third-order valence-electron chi connectivity index (χ3n) is 8.39. The van der Waals surface area contributed by atoms with Gasteiger partial charge in [-0.05, 0) is 79.1 Å². The van der Waals surface area contributed by atoms with Crippen molar-refractivity contribution in [3.63, 3.8) is 0 Å². The highest BCUT2D eigenvalue weighted by Crippen LogP contribution is 2.38. The zero-order valence-corrected chi connectivity index (χ0v) is 27.3. The van der Waals surface area contributed by atoms with E-state index in [1.54, 1.807) is 6.07 Å². The summed E-state index contributed by atoms with van der Waals surface area (Å²) in [6, 6.07) is 19.0. The molecular weight excluding hydrogens is 553 g/mol. The van der Waals surface area contributed by atoms with E-state index in [1.807, 2.05) is 18.2 Å². The Labute approximate surface area is 258 Å². The zero-order chi connectivity index (χ0) is 30.7. The van der Waals surface area contributed by atoms with Crippen LogP contribution in [0.1, 0.15) is 61.4 Å². The van der Waals surface area contributed by atoms with E-state index in [0.717, 1.165) is 42.2 Å². The lowest BCUT2D eigenvalue weighted by atomic mass is 9.82. The Balaban J connectivity index is 1.54. The van der Waals surface area contributed by atoms with Crippen LogP contribution in [0.5, 0.6) is 0 Å². The van der Waals surface area contributed by atoms with Crippen LogP contribution in [0.4, 0.5) is 9.18 Å². The molecule has 1 fully saturated rings. The van der Waals surface area contributed by atoms with Crippen LogP contribution in [0.15, 0.2) is 73.4 Å². The summed E-state index contributed by atoms with van der Waals surface area (Å²) in [5, 5.41) is 6.81. The first-order valence-corrected chi connectivity index (χ1v) is 19.7. The second kappa shape index (κ2) is 16.1. The number of carbonyl (C=O) groups excluding carboxylic acids is 1. The second-order valence-electron chi connectivity index (χ2n) is 13.1. The summed E-state index contributed by atoms with van der Waals surface area (Å²) in [4.78, 5) is 12.2. The lowest BCUT2D eigenvalue weighted by Crippen LogP contribution is -2.34. The lowest BCUT2D eigenvalue weighted by Gasteiger charge is -2.32. The van der Waals surface area contributed by atoms with E-state index in [4.69, 9.17) is 4.74 Å². The average Bonchev–Trinajstić information content (AvgIpc) is 3.39. The number of alkyl carbamates (subject to hydrolysis) is 1. The molecule has 0 spiro atoms. The number of nitrogens with zero attached hydrogens (tertiary/aromatic N) is 1. The highest BCUT2D eigenvalue weighted by Gasteiger charge is 2.28. The Morgan fingerprint density at radius 2 is 1.86 bits per heavy atom. The number of rotatable bonds is 15. The third-order valence-corrected chi connectivity index (χ3v) is 10.1. The van der Waals surface area contributed by atoms with Gasteiger partial charge in [-0.3, -0.25) is 0 Å². The molecule has 5 nitrogen and oxygen atoms in total. The van der Waals surface area contributed by atoms with E-state index in [9.17, 15) is 9.18 Å². The zero-order valence-electron chi connectivity index (χ0n) is 26.3. The molecule has 232 valence electrons. The molecule has 0 aliphatic heterocycles. The smallest absolute Gasteiger partial charge is 0.407 e. The number of carbonyl (C=O) groups is 1. The van der Waals surface area contributed by atoms with Crippen molar-refractivity contribution in [2.45, 2.75) is 83.2 Å². The Morgan fingerprint density at radius 3 is 2.58 bits per heavy atom. The van der Waals surface area contributed by atoms with Gasteiger partial charge in [0.25, 0.3) is 0 Å². The summed E-state index contributed by atoms with van der Waals surface area (Å²) < 4.78 is 22.3. The molecule has 2 N–H and O–H groups in total. The standard InChI is InChI=1S/C36H50FN3O2Si/c1-5-13-29-18-19-32(37)25-33(29)31-24-34(40(27-31)26-28-14-8-6-9-15-28)35(30-16-10-7-11-17-30)38-20-12-21-39-36(41)42-22-23-43(2,3)4/h5-6,8-9,14-15,18-19,24-25,27,30,35,38H,1,7,10-13,16-17,20-23,26H2,2-4H3,(H,39,41)/t35-/m1/s1. The van der Waals surface area contributed by atoms with Crippen molar-refractivity contribution in [3.05, 3.63) is 96.1 Å². The van der Waals surface area contributed by atoms with Crippen LogP contribution in [0.2, 0.25) is 25.7 Å². The van der Waals surface area contributed by atoms with Crippen LogP contribution < -0.4 is 10.6 Å². The van der Waals surface area contributed by atoms with Crippen LogP contribution in [0.25, 0.3) is 11.1 Å². The highest BCUT2D eigenvalue weighted by atomic mass is 28.3. The maximum Gasteiger partial charge on any atom is 0.407 e. The van der Waals surface area contributed by atoms with E-state index < -0.39 is 8.07 Å². The largest absolute Gasteiger partial charge is 0.450 e. The van der Waals surface area contributed by atoms with Crippen molar-refractivity contribution in [1.82, 2.24) is 15.2 Å². The van der Waals surface area contributed by atoms with Crippen LogP contribution >= 0.6 is 0 Å². The predicted octanol–water partition coefficient (Wildman–Crippen LogP) is 8.74. The SMILES string of the molecule is C=CCc1ccc(F)cc1-c1cc([C@H](NCCCNC(=O)OCC[Si](C)(C)C)C2CCCCC2)n(Cc2ccccc2)c1. The molecule has 3 aromatic rings. The first kappa shape index (κ1) is 32.7. The van der Waals surface area contributed by atoms with Crippen LogP contribution in [-0.4, -0.2) is 38.4 Å². The van der Waals surface area contributed by atoms with Crippen molar-refractivity contribution < 1.29 is 13.9 Å². The van der Waals surface area contributed by atoms with E-state index in [2.05, 4.69) is 77.9 Å². The van der Waals surface area contributed by atoms with Gasteiger partial charge < -0.3 is 19.9 Å². The number of benzene rings is 2. The Kier molecular flexibility index (Phi) is 12.2. The number of hydrogen-bond donors (Lipinski definition) is 2. The highest BCUT2D eigenvalue weighted by molar-refractivity contribution is 6.76. The molecule has 2 aromatic carbocycles. The molecule has 1 heterocycles. The van der Waals surface area contributed by atoms with Crippen molar-refractivity contribution in [1.29, 1.82) is 0 Å². The van der Waals surface area contributed by atoms with Gasteiger partial charge in [-0.1, -0.05) is 81.4 Å². The van der Waals surface area contributed by atoms with E-state index in [1.165, 1.54) is 49.4 Å². The number of ether oxygens (including phenoxy) is 1. The molecule has 0 saturated heterocycles. The van der Waals surface area contributed by atoms with Gasteiger partial charge in [0.1, 0.15) is 5.82 Å².